The number of imidazole rings is 1. The summed E-state index contributed by atoms with van der Waals surface area (Å²) >= 11 is 0. The Balaban J connectivity index is 1.78. The van der Waals surface area contributed by atoms with Crippen molar-refractivity contribution >= 4 is 0 Å². The number of nitrogens with one attached hydrogen (secondary N) is 1. The minimum absolute atomic E-state index is 0.634. The van der Waals surface area contributed by atoms with E-state index in [0.717, 1.165) is 12.5 Å². The highest BCUT2D eigenvalue weighted by molar-refractivity contribution is 4.97. The van der Waals surface area contributed by atoms with Crippen LogP contribution in [-0.2, 0) is 13.6 Å². The Labute approximate surface area is 98.3 Å². The predicted octanol–water partition coefficient (Wildman–Crippen LogP) is 2.48. The van der Waals surface area contributed by atoms with Gasteiger partial charge in [-0.15, -0.1) is 0 Å². The van der Waals surface area contributed by atoms with Gasteiger partial charge in [-0.1, -0.05) is 19.3 Å². The summed E-state index contributed by atoms with van der Waals surface area (Å²) in [6, 6.07) is 0.634. The van der Waals surface area contributed by atoms with Crippen LogP contribution in [0.5, 0.6) is 0 Å². The van der Waals surface area contributed by atoms with Gasteiger partial charge in [0.1, 0.15) is 0 Å². The SMILES string of the molecule is CC(NCc1cncn1C)C1CCCCC1. The summed E-state index contributed by atoms with van der Waals surface area (Å²) in [5.41, 5.74) is 1.27. The molecule has 1 aromatic heterocycles. The Morgan fingerprint density at radius 2 is 2.19 bits per heavy atom. The molecule has 1 aliphatic carbocycles. The first kappa shape index (κ1) is 11.6. The molecule has 1 unspecified atom stereocenters. The number of aryl methyl sites for hydroxylation is 1. The van der Waals surface area contributed by atoms with E-state index in [1.54, 1.807) is 0 Å². The van der Waals surface area contributed by atoms with Gasteiger partial charge in [0.15, 0.2) is 0 Å². The van der Waals surface area contributed by atoms with Crippen LogP contribution < -0.4 is 5.32 Å². The van der Waals surface area contributed by atoms with Crippen molar-refractivity contribution in [3.8, 4) is 0 Å². The molecule has 2 rings (SSSR count). The third kappa shape index (κ3) is 2.85. The van der Waals surface area contributed by atoms with Crippen LogP contribution in [0.3, 0.4) is 0 Å². The Bertz CT molecular complexity index is 313. The Hall–Kier alpha value is -0.830. The summed E-state index contributed by atoms with van der Waals surface area (Å²) < 4.78 is 2.08. The summed E-state index contributed by atoms with van der Waals surface area (Å²) in [6.45, 7) is 3.26. The fourth-order valence-electron chi connectivity index (χ4n) is 2.62. The lowest BCUT2D eigenvalue weighted by atomic mass is 9.84. The van der Waals surface area contributed by atoms with E-state index in [1.165, 1.54) is 37.8 Å². The molecule has 1 fully saturated rings. The minimum Gasteiger partial charge on any atom is -0.337 e. The van der Waals surface area contributed by atoms with Crippen LogP contribution in [0.2, 0.25) is 0 Å². The minimum atomic E-state index is 0.634. The Kier molecular flexibility index (Phi) is 3.99. The molecule has 0 spiro atoms. The van der Waals surface area contributed by atoms with E-state index in [9.17, 15) is 0 Å². The summed E-state index contributed by atoms with van der Waals surface area (Å²) in [6.07, 6.45) is 10.9. The van der Waals surface area contributed by atoms with Crippen LogP contribution >= 0.6 is 0 Å². The van der Waals surface area contributed by atoms with Gasteiger partial charge in [0.2, 0.25) is 0 Å². The maximum absolute atomic E-state index is 4.14. The molecule has 0 radical (unpaired) electrons. The molecule has 16 heavy (non-hydrogen) atoms. The molecule has 1 N–H and O–H groups in total. The number of aromatic nitrogens is 2. The first-order valence-electron chi connectivity index (χ1n) is 6.46. The van der Waals surface area contributed by atoms with Crippen LogP contribution in [0.4, 0.5) is 0 Å². The normalized spacial score (nSPS) is 19.9. The van der Waals surface area contributed by atoms with Crippen molar-refractivity contribution in [2.75, 3.05) is 0 Å². The molecular formula is C13H23N3. The number of hydrogen-bond donors (Lipinski definition) is 1. The molecule has 0 bridgehead atoms. The topological polar surface area (TPSA) is 29.9 Å². The molecule has 1 atom stereocenters. The van der Waals surface area contributed by atoms with E-state index >= 15 is 0 Å². The fourth-order valence-corrected chi connectivity index (χ4v) is 2.62. The lowest BCUT2D eigenvalue weighted by Crippen LogP contribution is -2.34. The van der Waals surface area contributed by atoms with Crippen molar-refractivity contribution in [1.82, 2.24) is 14.9 Å². The van der Waals surface area contributed by atoms with Gasteiger partial charge < -0.3 is 9.88 Å². The second-order valence-corrected chi connectivity index (χ2v) is 5.06. The second kappa shape index (κ2) is 5.48. The fraction of sp³-hybridized carbons (Fsp3) is 0.769. The Morgan fingerprint density at radius 3 is 2.81 bits per heavy atom. The van der Waals surface area contributed by atoms with Gasteiger partial charge in [0.25, 0.3) is 0 Å². The van der Waals surface area contributed by atoms with Crippen LogP contribution in [0.1, 0.15) is 44.7 Å². The molecular weight excluding hydrogens is 198 g/mol. The predicted molar refractivity (Wildman–Crippen MR) is 66.1 cm³/mol. The highest BCUT2D eigenvalue weighted by Gasteiger charge is 2.19. The quantitative estimate of drug-likeness (QED) is 0.846. The second-order valence-electron chi connectivity index (χ2n) is 5.06. The van der Waals surface area contributed by atoms with E-state index in [1.807, 2.05) is 12.5 Å². The third-order valence-electron chi connectivity index (χ3n) is 3.88. The van der Waals surface area contributed by atoms with Gasteiger partial charge in [-0.25, -0.2) is 4.98 Å². The van der Waals surface area contributed by atoms with E-state index in [2.05, 4.69) is 28.8 Å². The molecule has 1 saturated carbocycles. The smallest absolute Gasteiger partial charge is 0.0945 e. The molecule has 1 heterocycles. The molecule has 90 valence electrons. The molecule has 1 aliphatic rings. The van der Waals surface area contributed by atoms with Crippen LogP contribution in [0.25, 0.3) is 0 Å². The summed E-state index contributed by atoms with van der Waals surface area (Å²) in [5.74, 6) is 0.877. The van der Waals surface area contributed by atoms with Gasteiger partial charge in [0, 0.05) is 25.8 Å². The van der Waals surface area contributed by atoms with Crippen molar-refractivity contribution in [1.29, 1.82) is 0 Å². The van der Waals surface area contributed by atoms with Gasteiger partial charge >= 0.3 is 0 Å². The molecule has 0 saturated heterocycles. The van der Waals surface area contributed by atoms with E-state index in [4.69, 9.17) is 0 Å². The molecule has 0 amide bonds. The average Bonchev–Trinajstić information content (AvgIpc) is 2.73. The summed E-state index contributed by atoms with van der Waals surface area (Å²) in [5, 5.41) is 3.63. The largest absolute Gasteiger partial charge is 0.337 e. The van der Waals surface area contributed by atoms with E-state index in [-0.39, 0.29) is 0 Å². The summed E-state index contributed by atoms with van der Waals surface area (Å²) in [4.78, 5) is 4.14. The first-order valence-corrected chi connectivity index (χ1v) is 6.46. The number of nitrogens with zero attached hydrogens (tertiary/aromatic N) is 2. The van der Waals surface area contributed by atoms with Crippen LogP contribution in [-0.4, -0.2) is 15.6 Å². The van der Waals surface area contributed by atoms with Crippen LogP contribution in [0.15, 0.2) is 12.5 Å². The standard InChI is InChI=1S/C13H23N3/c1-11(12-6-4-3-5-7-12)15-9-13-8-14-10-16(13)2/h8,10-12,15H,3-7,9H2,1-2H3. The molecule has 3 heteroatoms. The number of hydrogen-bond acceptors (Lipinski definition) is 2. The maximum Gasteiger partial charge on any atom is 0.0945 e. The molecule has 0 aromatic carbocycles. The molecule has 0 aliphatic heterocycles. The van der Waals surface area contributed by atoms with Gasteiger partial charge in [-0.3, -0.25) is 0 Å². The zero-order valence-electron chi connectivity index (χ0n) is 10.4. The zero-order chi connectivity index (χ0) is 11.4. The van der Waals surface area contributed by atoms with Crippen molar-refractivity contribution in [3.63, 3.8) is 0 Å². The monoisotopic (exact) mass is 221 g/mol. The van der Waals surface area contributed by atoms with Crippen molar-refractivity contribution in [3.05, 3.63) is 18.2 Å². The zero-order valence-corrected chi connectivity index (χ0v) is 10.4. The van der Waals surface area contributed by atoms with Gasteiger partial charge in [0.05, 0.1) is 12.0 Å². The highest BCUT2D eigenvalue weighted by atomic mass is 15.0. The van der Waals surface area contributed by atoms with Crippen molar-refractivity contribution in [2.24, 2.45) is 13.0 Å². The lowest BCUT2D eigenvalue weighted by molar-refractivity contribution is 0.279. The van der Waals surface area contributed by atoms with Crippen molar-refractivity contribution in [2.45, 2.75) is 51.6 Å². The highest BCUT2D eigenvalue weighted by Crippen LogP contribution is 2.26. The van der Waals surface area contributed by atoms with Gasteiger partial charge in [-0.05, 0) is 25.7 Å². The van der Waals surface area contributed by atoms with Crippen molar-refractivity contribution < 1.29 is 0 Å². The lowest BCUT2D eigenvalue weighted by Gasteiger charge is -2.28. The van der Waals surface area contributed by atoms with Gasteiger partial charge in [-0.2, -0.15) is 0 Å². The van der Waals surface area contributed by atoms with E-state index < -0.39 is 0 Å². The molecule has 3 nitrogen and oxygen atoms in total. The molecule has 1 aromatic rings. The first-order chi connectivity index (χ1) is 7.77. The third-order valence-corrected chi connectivity index (χ3v) is 3.88. The maximum atomic E-state index is 4.14. The van der Waals surface area contributed by atoms with E-state index in [0.29, 0.717) is 6.04 Å². The average molecular weight is 221 g/mol. The number of rotatable bonds is 4. The summed E-state index contributed by atoms with van der Waals surface area (Å²) in [7, 11) is 2.05. The Morgan fingerprint density at radius 1 is 1.44 bits per heavy atom. The van der Waals surface area contributed by atoms with Crippen LogP contribution in [0, 0.1) is 5.92 Å².